The predicted octanol–water partition coefficient (Wildman–Crippen LogP) is 3.09. The Kier molecular flexibility index (Phi) is 4.71. The largest absolute Gasteiger partial charge is 0.394 e. The van der Waals surface area contributed by atoms with Gasteiger partial charge in [0.1, 0.15) is 11.5 Å². The van der Waals surface area contributed by atoms with Crippen LogP contribution in [0.4, 0.5) is 5.82 Å². The Balaban J connectivity index is 1.76. The zero-order valence-electron chi connectivity index (χ0n) is 12.4. The molecule has 6 heteroatoms. The summed E-state index contributed by atoms with van der Waals surface area (Å²) < 4.78 is 1.78. The molecule has 2 N–H and O–H groups in total. The van der Waals surface area contributed by atoms with E-state index in [0.717, 1.165) is 22.0 Å². The van der Waals surface area contributed by atoms with E-state index in [1.807, 2.05) is 35.7 Å². The fourth-order valence-electron chi connectivity index (χ4n) is 2.26. The third-order valence-electron chi connectivity index (χ3n) is 3.42. The molecule has 0 aliphatic rings. The Labute approximate surface area is 138 Å². The first-order valence-electron chi connectivity index (χ1n) is 7.25. The maximum atomic E-state index is 9.21. The van der Waals surface area contributed by atoms with Gasteiger partial charge < -0.3 is 10.4 Å². The minimum atomic E-state index is 0.0388. The van der Waals surface area contributed by atoms with Gasteiger partial charge in [0.2, 0.25) is 0 Å². The normalized spacial score (nSPS) is 10.4. The number of nitriles is 1. The zero-order valence-corrected chi connectivity index (χ0v) is 13.3. The number of thiophene rings is 1. The molecule has 0 aliphatic heterocycles. The molecule has 0 unspecified atom stereocenters. The maximum absolute atomic E-state index is 9.21. The van der Waals surface area contributed by atoms with Gasteiger partial charge in [-0.2, -0.15) is 10.4 Å². The van der Waals surface area contributed by atoms with E-state index in [4.69, 9.17) is 5.26 Å². The molecule has 0 saturated carbocycles. The van der Waals surface area contributed by atoms with Gasteiger partial charge in [0, 0.05) is 12.6 Å². The lowest BCUT2D eigenvalue weighted by Crippen LogP contribution is -2.10. The summed E-state index contributed by atoms with van der Waals surface area (Å²) in [5.41, 5.74) is 2.63. The van der Waals surface area contributed by atoms with Crippen molar-refractivity contribution in [3.63, 3.8) is 0 Å². The van der Waals surface area contributed by atoms with Crippen molar-refractivity contribution in [2.45, 2.75) is 13.1 Å². The highest BCUT2D eigenvalue weighted by molar-refractivity contribution is 7.13. The van der Waals surface area contributed by atoms with E-state index in [0.29, 0.717) is 18.7 Å². The van der Waals surface area contributed by atoms with Crippen molar-refractivity contribution in [3.05, 3.63) is 59.0 Å². The van der Waals surface area contributed by atoms with Crippen molar-refractivity contribution in [1.29, 1.82) is 5.26 Å². The number of aliphatic hydroxyl groups is 1. The van der Waals surface area contributed by atoms with Crippen LogP contribution in [-0.2, 0) is 13.1 Å². The lowest BCUT2D eigenvalue weighted by molar-refractivity contribution is 0.270. The van der Waals surface area contributed by atoms with Crippen LogP contribution >= 0.6 is 11.3 Å². The van der Waals surface area contributed by atoms with E-state index in [1.165, 1.54) is 0 Å². The number of nitrogens with one attached hydrogen (secondary N) is 1. The summed E-state index contributed by atoms with van der Waals surface area (Å²) in [7, 11) is 0. The number of nitrogens with zero attached hydrogens (tertiary/aromatic N) is 3. The zero-order chi connectivity index (χ0) is 16.1. The molecule has 2 heterocycles. The van der Waals surface area contributed by atoms with Crippen molar-refractivity contribution in [2.75, 3.05) is 11.9 Å². The van der Waals surface area contributed by atoms with Crippen molar-refractivity contribution < 1.29 is 5.11 Å². The molecule has 0 aliphatic carbocycles. The number of aliphatic hydroxyl groups excluding tert-OH is 1. The second-order valence-corrected chi connectivity index (χ2v) is 5.95. The summed E-state index contributed by atoms with van der Waals surface area (Å²) in [6.45, 7) is 1.12. The van der Waals surface area contributed by atoms with Gasteiger partial charge in [-0.1, -0.05) is 18.2 Å². The summed E-state index contributed by atoms with van der Waals surface area (Å²) in [6.07, 6.45) is 0. The van der Waals surface area contributed by atoms with Gasteiger partial charge in [0.15, 0.2) is 0 Å². The van der Waals surface area contributed by atoms with Gasteiger partial charge in [-0.25, -0.2) is 4.68 Å². The molecular formula is C17H16N4OS. The SMILES string of the molecule is N#Cc1ccc(CNc2cc(-c3cccs3)nn2CCO)cc1. The molecule has 3 aromatic rings. The first-order valence-corrected chi connectivity index (χ1v) is 8.13. The second-order valence-electron chi connectivity index (χ2n) is 5.00. The van der Waals surface area contributed by atoms with Crippen LogP contribution in [0, 0.1) is 11.3 Å². The Morgan fingerprint density at radius 2 is 2.09 bits per heavy atom. The Bertz CT molecular complexity index is 800. The fourth-order valence-corrected chi connectivity index (χ4v) is 2.94. The summed E-state index contributed by atoms with van der Waals surface area (Å²) >= 11 is 1.64. The summed E-state index contributed by atoms with van der Waals surface area (Å²) in [4.78, 5) is 1.10. The van der Waals surface area contributed by atoms with Crippen LogP contribution in [0.1, 0.15) is 11.1 Å². The average molecular weight is 324 g/mol. The smallest absolute Gasteiger partial charge is 0.125 e. The van der Waals surface area contributed by atoms with Gasteiger partial charge in [-0.3, -0.25) is 0 Å². The fraction of sp³-hybridized carbons (Fsp3) is 0.176. The topological polar surface area (TPSA) is 73.9 Å². The molecule has 0 radical (unpaired) electrons. The molecule has 0 spiro atoms. The van der Waals surface area contributed by atoms with Crippen LogP contribution in [0.25, 0.3) is 10.6 Å². The van der Waals surface area contributed by atoms with E-state index in [1.54, 1.807) is 28.2 Å². The van der Waals surface area contributed by atoms with Crippen LogP contribution in [0.5, 0.6) is 0 Å². The number of rotatable bonds is 6. The first-order chi connectivity index (χ1) is 11.3. The van der Waals surface area contributed by atoms with Crippen LogP contribution in [0.15, 0.2) is 47.8 Å². The molecule has 5 nitrogen and oxygen atoms in total. The number of hydrogen-bond acceptors (Lipinski definition) is 5. The molecule has 23 heavy (non-hydrogen) atoms. The molecule has 2 aromatic heterocycles. The lowest BCUT2D eigenvalue weighted by Gasteiger charge is -2.08. The van der Waals surface area contributed by atoms with E-state index in [9.17, 15) is 5.11 Å². The Hall–Kier alpha value is -2.62. The summed E-state index contributed by atoms with van der Waals surface area (Å²) in [5, 5.41) is 27.9. The highest BCUT2D eigenvalue weighted by atomic mass is 32.1. The maximum Gasteiger partial charge on any atom is 0.125 e. The summed E-state index contributed by atoms with van der Waals surface area (Å²) in [5.74, 6) is 0.867. The first kappa shape index (κ1) is 15.3. The molecule has 0 saturated heterocycles. The molecule has 0 atom stereocenters. The third kappa shape index (κ3) is 3.59. The second kappa shape index (κ2) is 7.09. The minimum Gasteiger partial charge on any atom is -0.394 e. The average Bonchev–Trinajstić information content (AvgIpc) is 3.23. The molecular weight excluding hydrogens is 308 g/mol. The third-order valence-corrected chi connectivity index (χ3v) is 4.31. The highest BCUT2D eigenvalue weighted by Crippen LogP contribution is 2.26. The van der Waals surface area contributed by atoms with Gasteiger partial charge >= 0.3 is 0 Å². The Morgan fingerprint density at radius 3 is 2.74 bits per heavy atom. The van der Waals surface area contributed by atoms with E-state index >= 15 is 0 Å². The molecule has 1 aromatic carbocycles. The number of anilines is 1. The van der Waals surface area contributed by atoms with Crippen molar-refractivity contribution in [1.82, 2.24) is 9.78 Å². The number of benzene rings is 1. The van der Waals surface area contributed by atoms with E-state index < -0.39 is 0 Å². The monoisotopic (exact) mass is 324 g/mol. The molecule has 0 amide bonds. The van der Waals surface area contributed by atoms with Gasteiger partial charge in [0.25, 0.3) is 0 Å². The predicted molar refractivity (Wildman–Crippen MR) is 91.1 cm³/mol. The van der Waals surface area contributed by atoms with Crippen molar-refractivity contribution in [3.8, 4) is 16.6 Å². The molecule has 3 rings (SSSR count). The Morgan fingerprint density at radius 1 is 1.26 bits per heavy atom. The number of hydrogen-bond donors (Lipinski definition) is 2. The summed E-state index contributed by atoms with van der Waals surface area (Å²) in [6, 6.07) is 15.6. The quantitative estimate of drug-likeness (QED) is 0.731. The van der Waals surface area contributed by atoms with Crippen molar-refractivity contribution in [2.24, 2.45) is 0 Å². The van der Waals surface area contributed by atoms with Gasteiger partial charge in [0.05, 0.1) is 29.7 Å². The van der Waals surface area contributed by atoms with Gasteiger partial charge in [-0.05, 0) is 29.1 Å². The highest BCUT2D eigenvalue weighted by Gasteiger charge is 2.10. The van der Waals surface area contributed by atoms with Crippen LogP contribution in [0.3, 0.4) is 0 Å². The van der Waals surface area contributed by atoms with E-state index in [-0.39, 0.29) is 6.61 Å². The molecule has 0 bridgehead atoms. The van der Waals surface area contributed by atoms with Crippen LogP contribution in [-0.4, -0.2) is 21.5 Å². The lowest BCUT2D eigenvalue weighted by atomic mass is 10.1. The van der Waals surface area contributed by atoms with Crippen molar-refractivity contribution >= 4 is 17.2 Å². The van der Waals surface area contributed by atoms with Crippen LogP contribution in [0.2, 0.25) is 0 Å². The van der Waals surface area contributed by atoms with E-state index in [2.05, 4.69) is 16.5 Å². The molecule has 116 valence electrons. The van der Waals surface area contributed by atoms with Gasteiger partial charge in [-0.15, -0.1) is 11.3 Å². The number of aromatic nitrogens is 2. The standard InChI is InChI=1S/C17H16N4OS/c18-11-13-3-5-14(6-4-13)12-19-17-10-15(16-2-1-9-23-16)20-21(17)7-8-22/h1-6,9-10,19,22H,7-8,12H2. The van der Waals surface area contributed by atoms with Crippen LogP contribution < -0.4 is 5.32 Å². The minimum absolute atomic E-state index is 0.0388. The molecule has 0 fully saturated rings.